The van der Waals surface area contributed by atoms with Crippen LogP contribution in [0.1, 0.15) is 0 Å². The van der Waals surface area contributed by atoms with Crippen LogP contribution in [0.3, 0.4) is 0 Å². The number of nitrogens with zero attached hydrogens (tertiary/aromatic N) is 1. The lowest BCUT2D eigenvalue weighted by Crippen LogP contribution is -2.34. The Bertz CT molecular complexity index is 264. The van der Waals surface area contributed by atoms with Gasteiger partial charge < -0.3 is 10.6 Å². The molecule has 1 amide bonds. The summed E-state index contributed by atoms with van der Waals surface area (Å²) < 4.78 is 21.7. The molecule has 0 spiro atoms. The van der Waals surface area contributed by atoms with Crippen molar-refractivity contribution in [2.75, 3.05) is 24.7 Å². The van der Waals surface area contributed by atoms with E-state index in [4.69, 9.17) is 5.73 Å². The van der Waals surface area contributed by atoms with E-state index < -0.39 is 9.84 Å². The van der Waals surface area contributed by atoms with Crippen molar-refractivity contribution >= 4 is 28.2 Å². The third-order valence-electron chi connectivity index (χ3n) is 1.55. The van der Waals surface area contributed by atoms with Crippen molar-refractivity contribution in [3.8, 4) is 0 Å². The summed E-state index contributed by atoms with van der Waals surface area (Å²) in [6.45, 7) is 0.174. The Morgan fingerprint density at radius 1 is 1.50 bits per heavy atom. The van der Waals surface area contributed by atoms with Gasteiger partial charge in [0.2, 0.25) is 5.91 Å². The van der Waals surface area contributed by atoms with Crippen molar-refractivity contribution < 1.29 is 13.2 Å². The molecule has 1 rings (SSSR count). The Labute approximate surface area is 77.2 Å². The number of carbonyl (C=O) groups excluding carboxylic acids is 1. The number of halogens is 1. The van der Waals surface area contributed by atoms with Crippen LogP contribution in [0, 0.1) is 0 Å². The van der Waals surface area contributed by atoms with Crippen LogP contribution in [-0.2, 0) is 14.6 Å². The molecule has 0 unspecified atom stereocenters. The maximum absolute atomic E-state index is 10.8. The number of sulfone groups is 1. The maximum atomic E-state index is 10.8. The van der Waals surface area contributed by atoms with Gasteiger partial charge in [0.1, 0.15) is 5.88 Å². The SMILES string of the molecule is Cl.NCC(=O)N1CCS(=O)(=O)C1. The lowest BCUT2D eigenvalue weighted by Gasteiger charge is -2.10. The molecule has 0 aromatic rings. The molecule has 1 saturated heterocycles. The van der Waals surface area contributed by atoms with Crippen molar-refractivity contribution in [1.29, 1.82) is 0 Å². The Kier molecular flexibility index (Phi) is 3.95. The molecule has 0 aromatic carbocycles. The zero-order chi connectivity index (χ0) is 8.48. The summed E-state index contributed by atoms with van der Waals surface area (Å²) in [5.41, 5.74) is 5.05. The summed E-state index contributed by atoms with van der Waals surface area (Å²) in [4.78, 5) is 12.1. The number of nitrogens with two attached hydrogens (primary N) is 1. The molecule has 1 aliphatic rings. The summed E-state index contributed by atoms with van der Waals surface area (Å²) >= 11 is 0. The van der Waals surface area contributed by atoms with Crippen molar-refractivity contribution in [2.45, 2.75) is 0 Å². The van der Waals surface area contributed by atoms with Gasteiger partial charge in [-0.1, -0.05) is 0 Å². The Balaban J connectivity index is 0.00000121. The quantitative estimate of drug-likeness (QED) is 0.581. The second kappa shape index (κ2) is 4.06. The molecule has 7 heteroatoms. The first-order valence-corrected chi connectivity index (χ1v) is 5.05. The molecule has 0 radical (unpaired) electrons. The monoisotopic (exact) mass is 214 g/mol. The highest BCUT2D eigenvalue weighted by atomic mass is 35.5. The third-order valence-corrected chi connectivity index (χ3v) is 3.06. The summed E-state index contributed by atoms with van der Waals surface area (Å²) in [6.07, 6.45) is 0. The summed E-state index contributed by atoms with van der Waals surface area (Å²) in [5, 5.41) is 0. The standard InChI is InChI=1S/C5H10N2O3S.ClH/c6-3-5(8)7-1-2-11(9,10)4-7;/h1-4,6H2;1H. The number of hydrogen-bond acceptors (Lipinski definition) is 4. The average Bonchev–Trinajstić information content (AvgIpc) is 2.29. The molecule has 0 saturated carbocycles. The molecule has 5 nitrogen and oxygen atoms in total. The van der Waals surface area contributed by atoms with Gasteiger partial charge in [-0.15, -0.1) is 12.4 Å². The van der Waals surface area contributed by atoms with Crippen molar-refractivity contribution in [1.82, 2.24) is 4.90 Å². The summed E-state index contributed by atoms with van der Waals surface area (Å²) in [6, 6.07) is 0. The molecular weight excluding hydrogens is 204 g/mol. The largest absolute Gasteiger partial charge is 0.326 e. The van der Waals surface area contributed by atoms with E-state index in [1.54, 1.807) is 0 Å². The van der Waals surface area contributed by atoms with E-state index in [2.05, 4.69) is 0 Å². The lowest BCUT2D eigenvalue weighted by molar-refractivity contribution is -0.128. The molecule has 0 bridgehead atoms. The van der Waals surface area contributed by atoms with Gasteiger partial charge in [0.05, 0.1) is 12.3 Å². The smallest absolute Gasteiger partial charge is 0.237 e. The van der Waals surface area contributed by atoms with Crippen LogP contribution in [0.15, 0.2) is 0 Å². The number of amides is 1. The van der Waals surface area contributed by atoms with Crippen LogP contribution < -0.4 is 5.73 Å². The molecule has 2 N–H and O–H groups in total. The summed E-state index contributed by atoms with van der Waals surface area (Å²) in [7, 11) is -3.00. The van der Waals surface area contributed by atoms with Gasteiger partial charge in [-0.2, -0.15) is 0 Å². The number of carbonyl (C=O) groups is 1. The van der Waals surface area contributed by atoms with E-state index in [-0.39, 0.29) is 36.5 Å². The predicted octanol–water partition coefficient (Wildman–Crippen LogP) is -1.42. The van der Waals surface area contributed by atoms with Gasteiger partial charge in [0, 0.05) is 6.54 Å². The van der Waals surface area contributed by atoms with E-state index in [9.17, 15) is 13.2 Å². The fourth-order valence-corrected chi connectivity index (χ4v) is 2.32. The van der Waals surface area contributed by atoms with Crippen LogP contribution in [0.25, 0.3) is 0 Å². The minimum atomic E-state index is -3.00. The van der Waals surface area contributed by atoms with Gasteiger partial charge in [-0.3, -0.25) is 4.79 Å². The Morgan fingerprint density at radius 2 is 2.08 bits per heavy atom. The predicted molar refractivity (Wildman–Crippen MR) is 46.7 cm³/mol. The molecule has 1 heterocycles. The highest BCUT2D eigenvalue weighted by molar-refractivity contribution is 7.91. The topological polar surface area (TPSA) is 80.5 Å². The maximum Gasteiger partial charge on any atom is 0.237 e. The van der Waals surface area contributed by atoms with Gasteiger partial charge in [0.25, 0.3) is 0 Å². The highest BCUT2D eigenvalue weighted by Crippen LogP contribution is 2.06. The van der Waals surface area contributed by atoms with Crippen molar-refractivity contribution in [2.24, 2.45) is 5.73 Å². The number of rotatable bonds is 1. The molecule has 1 fully saturated rings. The van der Waals surface area contributed by atoms with Gasteiger partial charge in [0.15, 0.2) is 9.84 Å². The highest BCUT2D eigenvalue weighted by Gasteiger charge is 2.27. The fourth-order valence-electron chi connectivity index (χ4n) is 0.942. The van der Waals surface area contributed by atoms with E-state index >= 15 is 0 Å². The van der Waals surface area contributed by atoms with Crippen LogP contribution in [0.4, 0.5) is 0 Å². The van der Waals surface area contributed by atoms with Crippen molar-refractivity contribution in [3.05, 3.63) is 0 Å². The van der Waals surface area contributed by atoms with Crippen LogP contribution >= 0.6 is 12.4 Å². The zero-order valence-electron chi connectivity index (χ0n) is 6.39. The minimum Gasteiger partial charge on any atom is -0.326 e. The normalized spacial score (nSPS) is 20.2. The molecular formula is C5H11ClN2O3S. The second-order valence-corrected chi connectivity index (χ2v) is 4.59. The van der Waals surface area contributed by atoms with E-state index in [0.29, 0.717) is 6.54 Å². The fraction of sp³-hybridized carbons (Fsp3) is 0.800. The molecule has 1 aliphatic heterocycles. The Morgan fingerprint density at radius 3 is 2.42 bits per heavy atom. The van der Waals surface area contributed by atoms with Crippen molar-refractivity contribution in [3.63, 3.8) is 0 Å². The van der Waals surface area contributed by atoms with Crippen LogP contribution in [0.5, 0.6) is 0 Å². The van der Waals surface area contributed by atoms with Gasteiger partial charge in [-0.05, 0) is 0 Å². The lowest BCUT2D eigenvalue weighted by atomic mass is 10.5. The molecule has 12 heavy (non-hydrogen) atoms. The van der Waals surface area contributed by atoms with Crippen LogP contribution in [0.2, 0.25) is 0 Å². The first-order chi connectivity index (χ1) is 5.05. The second-order valence-electron chi connectivity index (χ2n) is 2.44. The van der Waals surface area contributed by atoms with E-state index in [1.165, 1.54) is 4.90 Å². The van der Waals surface area contributed by atoms with E-state index in [0.717, 1.165) is 0 Å². The first-order valence-electron chi connectivity index (χ1n) is 3.23. The molecule has 0 atom stereocenters. The molecule has 72 valence electrons. The van der Waals surface area contributed by atoms with Gasteiger partial charge in [-0.25, -0.2) is 8.42 Å². The zero-order valence-corrected chi connectivity index (χ0v) is 8.03. The Hall–Kier alpha value is -0.330. The van der Waals surface area contributed by atoms with Crippen LogP contribution in [-0.4, -0.2) is 43.9 Å². The summed E-state index contributed by atoms with van der Waals surface area (Å²) in [5.74, 6) is -0.395. The molecule has 0 aliphatic carbocycles. The third kappa shape index (κ3) is 2.62. The van der Waals surface area contributed by atoms with Gasteiger partial charge >= 0.3 is 0 Å². The van der Waals surface area contributed by atoms with E-state index in [1.807, 2.05) is 0 Å². The number of hydrogen-bond donors (Lipinski definition) is 1. The first kappa shape index (κ1) is 11.7. The molecule has 0 aromatic heterocycles. The minimum absolute atomic E-state index is 0. The average molecular weight is 215 g/mol.